The number of nitrogens with one attached hydrogen (secondary N) is 2. The topological polar surface area (TPSA) is 90.7 Å². The van der Waals surface area contributed by atoms with Crippen LogP contribution < -0.4 is 10.6 Å². The molecule has 0 radical (unpaired) electrons. The fourth-order valence-electron chi connectivity index (χ4n) is 1.27. The fraction of sp³-hybridized carbons (Fsp3) is 0.500. The molecule has 6 heteroatoms. The van der Waals surface area contributed by atoms with E-state index in [0.29, 0.717) is 24.6 Å². The number of nitrogens with zero attached hydrogens (tertiary/aromatic N) is 3. The lowest BCUT2D eigenvalue weighted by molar-refractivity contribution is -0.122. The monoisotopic (exact) mass is 247 g/mol. The molecule has 1 heterocycles. The van der Waals surface area contributed by atoms with Gasteiger partial charge in [0.25, 0.3) is 0 Å². The van der Waals surface area contributed by atoms with Gasteiger partial charge in [-0.2, -0.15) is 5.26 Å². The number of carbonyl (C=O) groups is 1. The third kappa shape index (κ3) is 5.25. The van der Waals surface area contributed by atoms with E-state index in [-0.39, 0.29) is 11.4 Å². The van der Waals surface area contributed by atoms with Crippen LogP contribution >= 0.6 is 0 Å². The molecule has 96 valence electrons. The summed E-state index contributed by atoms with van der Waals surface area (Å²) in [6, 6.07) is 3.45. The second kappa shape index (κ2) is 5.96. The van der Waals surface area contributed by atoms with Crippen molar-refractivity contribution < 1.29 is 4.79 Å². The lowest BCUT2D eigenvalue weighted by Gasteiger charge is -2.20. The van der Waals surface area contributed by atoms with E-state index < -0.39 is 0 Å². The fourth-order valence-corrected chi connectivity index (χ4v) is 1.27. The van der Waals surface area contributed by atoms with Crippen LogP contribution in [0.2, 0.25) is 0 Å². The number of hydrogen-bond acceptors (Lipinski definition) is 5. The molecule has 0 aliphatic carbocycles. The molecule has 0 fully saturated rings. The highest BCUT2D eigenvalue weighted by Gasteiger charge is 2.13. The van der Waals surface area contributed by atoms with Crippen LogP contribution in [0.1, 0.15) is 32.9 Å². The minimum atomic E-state index is -0.228. The lowest BCUT2D eigenvalue weighted by Crippen LogP contribution is -2.41. The van der Waals surface area contributed by atoms with E-state index in [2.05, 4.69) is 20.6 Å². The van der Waals surface area contributed by atoms with Gasteiger partial charge in [0.15, 0.2) is 0 Å². The molecule has 6 nitrogen and oxygen atoms in total. The quantitative estimate of drug-likeness (QED) is 0.830. The summed E-state index contributed by atoms with van der Waals surface area (Å²) in [4.78, 5) is 19.4. The van der Waals surface area contributed by atoms with Gasteiger partial charge < -0.3 is 10.6 Å². The Hall–Kier alpha value is -2.16. The van der Waals surface area contributed by atoms with Crippen LogP contribution in [0.15, 0.2) is 12.3 Å². The van der Waals surface area contributed by atoms with Gasteiger partial charge in [-0.3, -0.25) is 4.79 Å². The molecule has 0 aromatic carbocycles. The van der Waals surface area contributed by atoms with E-state index in [1.807, 2.05) is 26.8 Å². The molecule has 18 heavy (non-hydrogen) atoms. The number of carbonyl (C=O) groups excluding carboxylic acids is 1. The van der Waals surface area contributed by atoms with Crippen molar-refractivity contribution in [2.75, 3.05) is 11.9 Å². The largest absolute Gasteiger partial charge is 0.354 e. The van der Waals surface area contributed by atoms with Gasteiger partial charge >= 0.3 is 0 Å². The third-order valence-electron chi connectivity index (χ3n) is 1.92. The first-order valence-electron chi connectivity index (χ1n) is 5.69. The van der Waals surface area contributed by atoms with Gasteiger partial charge in [0, 0.05) is 24.7 Å². The average Bonchev–Trinajstić information content (AvgIpc) is 2.27. The molecule has 1 rings (SSSR count). The Morgan fingerprint density at radius 1 is 1.50 bits per heavy atom. The second-order valence-corrected chi connectivity index (χ2v) is 4.85. The molecule has 0 spiro atoms. The molecule has 0 saturated heterocycles. The maximum atomic E-state index is 11.5. The summed E-state index contributed by atoms with van der Waals surface area (Å²) in [5, 5.41) is 14.4. The van der Waals surface area contributed by atoms with Crippen LogP contribution in [0.5, 0.6) is 0 Å². The summed E-state index contributed by atoms with van der Waals surface area (Å²) in [6.45, 7) is 6.21. The Labute approximate surface area is 106 Å². The minimum Gasteiger partial charge on any atom is -0.354 e. The zero-order chi connectivity index (χ0) is 13.6. The molecule has 1 amide bonds. The van der Waals surface area contributed by atoms with Crippen molar-refractivity contribution in [3.63, 3.8) is 0 Å². The van der Waals surface area contributed by atoms with E-state index in [9.17, 15) is 4.79 Å². The van der Waals surface area contributed by atoms with Crippen molar-refractivity contribution in [1.29, 1.82) is 5.26 Å². The van der Waals surface area contributed by atoms with E-state index in [1.165, 1.54) is 12.3 Å². The van der Waals surface area contributed by atoms with E-state index in [0.717, 1.165) is 0 Å². The highest BCUT2D eigenvalue weighted by atomic mass is 16.1. The van der Waals surface area contributed by atoms with Gasteiger partial charge in [0.1, 0.15) is 11.8 Å². The normalized spacial score (nSPS) is 10.6. The van der Waals surface area contributed by atoms with Crippen LogP contribution in [0.4, 0.5) is 5.95 Å². The Balaban J connectivity index is 2.38. The van der Waals surface area contributed by atoms with Crippen molar-refractivity contribution in [2.24, 2.45) is 0 Å². The summed E-state index contributed by atoms with van der Waals surface area (Å²) in [5.41, 5.74) is 0.0699. The van der Waals surface area contributed by atoms with Crippen molar-refractivity contribution in [2.45, 2.75) is 32.7 Å². The summed E-state index contributed by atoms with van der Waals surface area (Å²) in [7, 11) is 0. The van der Waals surface area contributed by atoms with Gasteiger partial charge in [-0.15, -0.1) is 0 Å². The summed E-state index contributed by atoms with van der Waals surface area (Å²) >= 11 is 0. The van der Waals surface area contributed by atoms with Crippen molar-refractivity contribution in [3.8, 4) is 6.07 Å². The van der Waals surface area contributed by atoms with Crippen LogP contribution in [-0.4, -0.2) is 28.0 Å². The Morgan fingerprint density at radius 2 is 2.22 bits per heavy atom. The average molecular weight is 247 g/mol. The number of rotatable bonds is 4. The van der Waals surface area contributed by atoms with Crippen LogP contribution in [0.25, 0.3) is 0 Å². The first-order chi connectivity index (χ1) is 8.40. The van der Waals surface area contributed by atoms with E-state index >= 15 is 0 Å². The van der Waals surface area contributed by atoms with Gasteiger partial charge in [-0.1, -0.05) is 0 Å². The Kier molecular flexibility index (Phi) is 4.60. The standard InChI is InChI=1S/C12H17N5O/c1-12(2,3)17-10(18)5-7-15-11-14-6-4-9(8-13)16-11/h4,6H,5,7H2,1-3H3,(H,17,18)(H,14,15,16). The van der Waals surface area contributed by atoms with Gasteiger partial charge in [0.05, 0.1) is 0 Å². The van der Waals surface area contributed by atoms with Gasteiger partial charge in [0.2, 0.25) is 11.9 Å². The molecule has 0 bridgehead atoms. The van der Waals surface area contributed by atoms with Crippen LogP contribution in [-0.2, 0) is 4.79 Å². The maximum absolute atomic E-state index is 11.5. The van der Waals surface area contributed by atoms with Gasteiger partial charge in [-0.05, 0) is 26.8 Å². The zero-order valence-corrected chi connectivity index (χ0v) is 10.8. The van der Waals surface area contributed by atoms with Gasteiger partial charge in [-0.25, -0.2) is 9.97 Å². The molecule has 1 aromatic heterocycles. The third-order valence-corrected chi connectivity index (χ3v) is 1.92. The summed E-state index contributed by atoms with van der Waals surface area (Å²) < 4.78 is 0. The zero-order valence-electron chi connectivity index (χ0n) is 10.8. The highest BCUT2D eigenvalue weighted by Crippen LogP contribution is 2.01. The number of nitriles is 1. The van der Waals surface area contributed by atoms with E-state index in [1.54, 1.807) is 0 Å². The number of amides is 1. The molecule has 0 unspecified atom stereocenters. The minimum absolute atomic E-state index is 0.0357. The SMILES string of the molecule is CC(C)(C)NC(=O)CCNc1nccc(C#N)n1. The molecule has 1 aromatic rings. The van der Waals surface area contributed by atoms with Crippen molar-refractivity contribution >= 4 is 11.9 Å². The predicted molar refractivity (Wildman–Crippen MR) is 67.7 cm³/mol. The highest BCUT2D eigenvalue weighted by molar-refractivity contribution is 5.77. The smallest absolute Gasteiger partial charge is 0.223 e. The predicted octanol–water partition coefficient (Wildman–Crippen LogP) is 1.06. The number of aromatic nitrogens is 2. The lowest BCUT2D eigenvalue weighted by atomic mass is 10.1. The Morgan fingerprint density at radius 3 is 2.83 bits per heavy atom. The molecule has 0 saturated carbocycles. The molecule has 0 atom stereocenters. The molecular weight excluding hydrogens is 230 g/mol. The summed E-state index contributed by atoms with van der Waals surface area (Å²) in [6.07, 6.45) is 1.83. The van der Waals surface area contributed by atoms with Crippen LogP contribution in [0.3, 0.4) is 0 Å². The Bertz CT molecular complexity index is 458. The second-order valence-electron chi connectivity index (χ2n) is 4.85. The van der Waals surface area contributed by atoms with Crippen molar-refractivity contribution in [1.82, 2.24) is 15.3 Å². The molecule has 2 N–H and O–H groups in total. The maximum Gasteiger partial charge on any atom is 0.223 e. The van der Waals surface area contributed by atoms with Crippen LogP contribution in [0, 0.1) is 11.3 Å². The number of anilines is 1. The first-order valence-corrected chi connectivity index (χ1v) is 5.69. The molecular formula is C12H17N5O. The van der Waals surface area contributed by atoms with E-state index in [4.69, 9.17) is 5.26 Å². The first kappa shape index (κ1) is 13.9. The summed E-state index contributed by atoms with van der Waals surface area (Å²) in [5.74, 6) is 0.323. The van der Waals surface area contributed by atoms with Crippen molar-refractivity contribution in [3.05, 3.63) is 18.0 Å². The molecule has 0 aliphatic rings. The number of hydrogen-bond donors (Lipinski definition) is 2. The molecule has 0 aliphatic heterocycles.